The molecule has 1 heterocycles. The summed E-state index contributed by atoms with van der Waals surface area (Å²) in [5, 5.41) is 6.99. The van der Waals surface area contributed by atoms with E-state index in [4.69, 9.17) is 11.6 Å². The predicted octanol–water partition coefficient (Wildman–Crippen LogP) is 4.36. The van der Waals surface area contributed by atoms with Gasteiger partial charge in [-0.3, -0.25) is 9.78 Å². The molecule has 27 heavy (non-hydrogen) atoms. The van der Waals surface area contributed by atoms with Gasteiger partial charge in [0, 0.05) is 30.0 Å². The lowest BCUT2D eigenvalue weighted by atomic mass is 10.1. The van der Waals surface area contributed by atoms with Crippen LogP contribution in [0.4, 0.5) is 5.69 Å². The number of pyridine rings is 1. The lowest BCUT2D eigenvalue weighted by molar-refractivity contribution is 0.0949. The highest BCUT2D eigenvalue weighted by atomic mass is 35.5. The Hall–Kier alpha value is -2.85. The fourth-order valence-corrected chi connectivity index (χ4v) is 2.98. The Labute approximate surface area is 164 Å². The van der Waals surface area contributed by atoms with Gasteiger partial charge in [0.05, 0.1) is 0 Å². The van der Waals surface area contributed by atoms with Crippen LogP contribution in [0.15, 0.2) is 72.9 Å². The standard InChI is InChI=1S/C22H22ClN3O/c23-19-8-4-7-18(15-19)10-12-24-20-11-14-25-21(16-20)22(27)26-13-9-17-5-2-1-3-6-17/h1-8,11,14-16H,9-10,12-13H2,(H,24,25)(H,26,27). The zero-order chi connectivity index (χ0) is 18.9. The van der Waals surface area contributed by atoms with Gasteiger partial charge in [0.1, 0.15) is 5.69 Å². The first-order valence-electron chi connectivity index (χ1n) is 8.97. The number of benzene rings is 2. The Balaban J connectivity index is 1.48. The van der Waals surface area contributed by atoms with Crippen LogP contribution in [0.5, 0.6) is 0 Å². The summed E-state index contributed by atoms with van der Waals surface area (Å²) in [6, 6.07) is 21.5. The first-order valence-corrected chi connectivity index (χ1v) is 9.35. The van der Waals surface area contributed by atoms with E-state index in [9.17, 15) is 4.79 Å². The van der Waals surface area contributed by atoms with Crippen molar-refractivity contribution < 1.29 is 4.79 Å². The number of amides is 1. The van der Waals surface area contributed by atoms with Gasteiger partial charge in [-0.25, -0.2) is 0 Å². The molecule has 1 amide bonds. The van der Waals surface area contributed by atoms with E-state index < -0.39 is 0 Å². The molecule has 0 spiro atoms. The first kappa shape index (κ1) is 18.9. The van der Waals surface area contributed by atoms with Crippen molar-refractivity contribution in [2.24, 2.45) is 0 Å². The number of aromatic nitrogens is 1. The van der Waals surface area contributed by atoms with E-state index in [-0.39, 0.29) is 5.91 Å². The predicted molar refractivity (Wildman–Crippen MR) is 110 cm³/mol. The summed E-state index contributed by atoms with van der Waals surface area (Å²) in [4.78, 5) is 16.5. The van der Waals surface area contributed by atoms with Crippen LogP contribution < -0.4 is 10.6 Å². The molecule has 5 heteroatoms. The summed E-state index contributed by atoms with van der Waals surface area (Å²) in [5.74, 6) is -0.163. The van der Waals surface area contributed by atoms with Gasteiger partial charge < -0.3 is 10.6 Å². The summed E-state index contributed by atoms with van der Waals surface area (Å²) in [7, 11) is 0. The third-order valence-corrected chi connectivity index (χ3v) is 4.40. The fourth-order valence-electron chi connectivity index (χ4n) is 2.76. The van der Waals surface area contributed by atoms with Gasteiger partial charge in [-0.15, -0.1) is 0 Å². The average Bonchev–Trinajstić information content (AvgIpc) is 2.69. The van der Waals surface area contributed by atoms with Crippen molar-refractivity contribution >= 4 is 23.2 Å². The molecule has 0 unspecified atom stereocenters. The van der Waals surface area contributed by atoms with Crippen LogP contribution in [0.25, 0.3) is 0 Å². The van der Waals surface area contributed by atoms with Gasteiger partial charge in [0.2, 0.25) is 0 Å². The summed E-state index contributed by atoms with van der Waals surface area (Å²) in [5.41, 5.74) is 3.65. The van der Waals surface area contributed by atoms with E-state index in [1.165, 1.54) is 11.1 Å². The molecule has 138 valence electrons. The number of hydrogen-bond donors (Lipinski definition) is 2. The van der Waals surface area contributed by atoms with Crippen molar-refractivity contribution in [3.05, 3.63) is 94.8 Å². The number of halogens is 1. The maximum Gasteiger partial charge on any atom is 0.269 e. The highest BCUT2D eigenvalue weighted by Crippen LogP contribution is 2.12. The summed E-state index contributed by atoms with van der Waals surface area (Å²) in [6.07, 6.45) is 3.29. The molecule has 0 bridgehead atoms. The van der Waals surface area contributed by atoms with Crippen LogP contribution in [-0.2, 0) is 12.8 Å². The number of hydrogen-bond acceptors (Lipinski definition) is 3. The Bertz CT molecular complexity index is 883. The molecule has 2 N–H and O–H groups in total. The molecule has 3 aromatic rings. The zero-order valence-corrected chi connectivity index (χ0v) is 15.7. The van der Waals surface area contributed by atoms with E-state index in [0.717, 1.165) is 30.1 Å². The quantitative estimate of drug-likeness (QED) is 0.611. The highest BCUT2D eigenvalue weighted by Gasteiger charge is 2.07. The van der Waals surface area contributed by atoms with Gasteiger partial charge in [-0.2, -0.15) is 0 Å². The third kappa shape index (κ3) is 6.12. The molecule has 0 saturated carbocycles. The van der Waals surface area contributed by atoms with Crippen molar-refractivity contribution in [3.63, 3.8) is 0 Å². The van der Waals surface area contributed by atoms with Gasteiger partial charge in [-0.05, 0) is 48.2 Å². The van der Waals surface area contributed by atoms with Crippen LogP contribution in [-0.4, -0.2) is 24.0 Å². The maximum absolute atomic E-state index is 12.3. The van der Waals surface area contributed by atoms with Crippen molar-refractivity contribution in [1.29, 1.82) is 0 Å². The van der Waals surface area contributed by atoms with Crippen LogP contribution in [0, 0.1) is 0 Å². The number of rotatable bonds is 8. The van der Waals surface area contributed by atoms with E-state index in [2.05, 4.69) is 27.8 Å². The minimum atomic E-state index is -0.163. The number of nitrogens with one attached hydrogen (secondary N) is 2. The van der Waals surface area contributed by atoms with E-state index in [1.54, 1.807) is 12.3 Å². The van der Waals surface area contributed by atoms with Crippen molar-refractivity contribution in [1.82, 2.24) is 10.3 Å². The van der Waals surface area contributed by atoms with E-state index in [1.807, 2.05) is 48.5 Å². The Morgan fingerprint density at radius 3 is 2.48 bits per heavy atom. The number of carbonyl (C=O) groups is 1. The lowest BCUT2D eigenvalue weighted by Crippen LogP contribution is -2.26. The maximum atomic E-state index is 12.3. The molecule has 0 atom stereocenters. The Morgan fingerprint density at radius 2 is 1.67 bits per heavy atom. The van der Waals surface area contributed by atoms with Crippen molar-refractivity contribution in [3.8, 4) is 0 Å². The third-order valence-electron chi connectivity index (χ3n) is 4.17. The molecule has 0 radical (unpaired) electrons. The number of carbonyl (C=O) groups excluding carboxylic acids is 1. The molecule has 0 aliphatic carbocycles. The summed E-state index contributed by atoms with van der Waals surface area (Å²) in [6.45, 7) is 1.33. The van der Waals surface area contributed by atoms with Crippen molar-refractivity contribution in [2.75, 3.05) is 18.4 Å². The monoisotopic (exact) mass is 379 g/mol. The zero-order valence-electron chi connectivity index (χ0n) is 15.0. The summed E-state index contributed by atoms with van der Waals surface area (Å²) < 4.78 is 0. The van der Waals surface area contributed by atoms with Gasteiger partial charge in [0.25, 0.3) is 5.91 Å². The van der Waals surface area contributed by atoms with Gasteiger partial charge in [-0.1, -0.05) is 54.1 Å². The molecule has 3 rings (SSSR count). The smallest absolute Gasteiger partial charge is 0.269 e. The van der Waals surface area contributed by atoms with Crippen molar-refractivity contribution in [2.45, 2.75) is 12.8 Å². The molecule has 1 aromatic heterocycles. The van der Waals surface area contributed by atoms with Crippen LogP contribution >= 0.6 is 11.6 Å². The van der Waals surface area contributed by atoms with Gasteiger partial charge >= 0.3 is 0 Å². The molecule has 0 aliphatic rings. The molecular formula is C22H22ClN3O. The SMILES string of the molecule is O=C(NCCc1ccccc1)c1cc(NCCc2cccc(Cl)c2)ccn1. The number of nitrogens with zero attached hydrogens (tertiary/aromatic N) is 1. The minimum Gasteiger partial charge on any atom is -0.385 e. The molecule has 0 aliphatic heterocycles. The Kier molecular flexibility index (Phi) is 6.83. The highest BCUT2D eigenvalue weighted by molar-refractivity contribution is 6.30. The van der Waals surface area contributed by atoms with E-state index in [0.29, 0.717) is 12.2 Å². The topological polar surface area (TPSA) is 54.0 Å². The molecule has 0 saturated heterocycles. The Morgan fingerprint density at radius 1 is 0.889 bits per heavy atom. The normalized spacial score (nSPS) is 10.4. The fraction of sp³-hybridized carbons (Fsp3) is 0.182. The van der Waals surface area contributed by atoms with Crippen LogP contribution in [0.1, 0.15) is 21.6 Å². The molecule has 4 nitrogen and oxygen atoms in total. The second-order valence-corrected chi connectivity index (χ2v) is 6.66. The van der Waals surface area contributed by atoms with Gasteiger partial charge in [0.15, 0.2) is 0 Å². The second-order valence-electron chi connectivity index (χ2n) is 6.23. The molecular weight excluding hydrogens is 358 g/mol. The van der Waals surface area contributed by atoms with Crippen LogP contribution in [0.3, 0.4) is 0 Å². The van der Waals surface area contributed by atoms with E-state index >= 15 is 0 Å². The molecule has 0 fully saturated rings. The second kappa shape index (κ2) is 9.74. The first-order chi connectivity index (χ1) is 13.2. The summed E-state index contributed by atoms with van der Waals surface area (Å²) >= 11 is 6.00. The minimum absolute atomic E-state index is 0.163. The largest absolute Gasteiger partial charge is 0.385 e. The lowest BCUT2D eigenvalue weighted by Gasteiger charge is -2.09. The molecule has 2 aromatic carbocycles. The average molecular weight is 380 g/mol. The van der Waals surface area contributed by atoms with Crippen LogP contribution in [0.2, 0.25) is 5.02 Å². The number of anilines is 1.